The van der Waals surface area contributed by atoms with Crippen LogP contribution < -0.4 is 0 Å². The molecule has 4 heterocycles. The van der Waals surface area contributed by atoms with Crippen LogP contribution in [-0.4, -0.2) is 72.9 Å². The molecule has 0 saturated carbocycles. The van der Waals surface area contributed by atoms with Gasteiger partial charge in [-0.15, -0.1) is 0 Å². The van der Waals surface area contributed by atoms with Gasteiger partial charge in [0.25, 0.3) is 0 Å². The molecule has 3 aliphatic heterocycles. The first kappa shape index (κ1) is 18.4. The third-order valence-corrected chi connectivity index (χ3v) is 6.62. The summed E-state index contributed by atoms with van der Waals surface area (Å²) in [5, 5.41) is 0. The highest BCUT2D eigenvalue weighted by molar-refractivity contribution is 5.10. The molecule has 0 N–H and O–H groups in total. The van der Waals surface area contributed by atoms with E-state index >= 15 is 0 Å². The first-order valence-electron chi connectivity index (χ1n) is 10.3. The van der Waals surface area contributed by atoms with Crippen LogP contribution in [0.1, 0.15) is 37.7 Å². The number of likely N-dealkylation sites (N-methyl/N-ethyl adjacent to an activating group) is 1. The van der Waals surface area contributed by atoms with E-state index in [2.05, 4.69) is 34.0 Å². The first-order valence-corrected chi connectivity index (χ1v) is 10.3. The Balaban J connectivity index is 1.24. The highest BCUT2D eigenvalue weighted by Gasteiger charge is 2.43. The lowest BCUT2D eigenvalue weighted by Gasteiger charge is -2.40. The number of hydrogen-bond donors (Lipinski definition) is 0. The summed E-state index contributed by atoms with van der Waals surface area (Å²) in [5.41, 5.74) is 1.46. The standard InChI is InChI=1S/C21H33N3O2/c1-23(15-18-2-8-22-9-3-18)20-14-21(26-17-20)6-10-24(11-7-21)16-19-4-12-25-13-5-19/h2-3,8-9,19-20H,4-7,10-17H2,1H3/t20-/m0/s1. The number of rotatable bonds is 5. The Kier molecular flexibility index (Phi) is 5.89. The Morgan fingerprint density at radius 3 is 2.65 bits per heavy atom. The summed E-state index contributed by atoms with van der Waals surface area (Å²) in [4.78, 5) is 9.23. The maximum atomic E-state index is 6.39. The molecule has 4 rings (SSSR count). The van der Waals surface area contributed by atoms with E-state index < -0.39 is 0 Å². The van der Waals surface area contributed by atoms with Crippen molar-refractivity contribution in [2.24, 2.45) is 5.92 Å². The zero-order valence-corrected chi connectivity index (χ0v) is 16.1. The third kappa shape index (κ3) is 4.45. The predicted molar refractivity (Wildman–Crippen MR) is 102 cm³/mol. The smallest absolute Gasteiger partial charge is 0.0723 e. The fraction of sp³-hybridized carbons (Fsp3) is 0.762. The molecule has 1 aromatic rings. The second kappa shape index (κ2) is 8.34. The van der Waals surface area contributed by atoms with Crippen LogP contribution >= 0.6 is 0 Å². The highest BCUT2D eigenvalue weighted by Crippen LogP contribution is 2.38. The van der Waals surface area contributed by atoms with Crippen molar-refractivity contribution in [3.63, 3.8) is 0 Å². The molecule has 0 unspecified atom stereocenters. The van der Waals surface area contributed by atoms with Gasteiger partial charge in [-0.1, -0.05) is 0 Å². The number of hydrogen-bond acceptors (Lipinski definition) is 5. The number of likely N-dealkylation sites (tertiary alicyclic amines) is 1. The van der Waals surface area contributed by atoms with Crippen LogP contribution in [-0.2, 0) is 16.0 Å². The van der Waals surface area contributed by atoms with E-state index in [1.165, 1.54) is 57.3 Å². The van der Waals surface area contributed by atoms with Crippen LogP contribution in [0, 0.1) is 5.92 Å². The Morgan fingerprint density at radius 1 is 1.19 bits per heavy atom. The molecule has 0 radical (unpaired) electrons. The normalized spacial score (nSPS) is 27.4. The van der Waals surface area contributed by atoms with Gasteiger partial charge in [0.15, 0.2) is 0 Å². The summed E-state index contributed by atoms with van der Waals surface area (Å²) in [7, 11) is 2.23. The first-order chi connectivity index (χ1) is 12.7. The molecule has 3 fully saturated rings. The van der Waals surface area contributed by atoms with Gasteiger partial charge >= 0.3 is 0 Å². The van der Waals surface area contributed by atoms with E-state index in [9.17, 15) is 0 Å². The number of ether oxygens (including phenoxy) is 2. The molecule has 0 bridgehead atoms. The molecular formula is C21H33N3O2. The van der Waals surface area contributed by atoms with Gasteiger partial charge in [-0.3, -0.25) is 9.88 Å². The number of pyridine rings is 1. The minimum atomic E-state index is 0.128. The quantitative estimate of drug-likeness (QED) is 0.808. The molecule has 5 heteroatoms. The van der Waals surface area contributed by atoms with Crippen LogP contribution in [0.15, 0.2) is 24.5 Å². The average molecular weight is 360 g/mol. The van der Waals surface area contributed by atoms with Crippen molar-refractivity contribution in [3.8, 4) is 0 Å². The maximum Gasteiger partial charge on any atom is 0.0723 e. The van der Waals surface area contributed by atoms with Crippen molar-refractivity contribution < 1.29 is 9.47 Å². The maximum absolute atomic E-state index is 6.39. The zero-order chi connectivity index (χ0) is 17.8. The van der Waals surface area contributed by atoms with Gasteiger partial charge in [0.1, 0.15) is 0 Å². The minimum absolute atomic E-state index is 0.128. The van der Waals surface area contributed by atoms with Gasteiger partial charge in [-0.25, -0.2) is 0 Å². The second-order valence-electron chi connectivity index (χ2n) is 8.48. The lowest BCUT2D eigenvalue weighted by atomic mass is 9.86. The Hall–Kier alpha value is -1.01. The van der Waals surface area contributed by atoms with E-state index in [1.54, 1.807) is 0 Å². The van der Waals surface area contributed by atoms with E-state index in [0.717, 1.165) is 32.3 Å². The summed E-state index contributed by atoms with van der Waals surface area (Å²) in [6.45, 7) is 7.40. The van der Waals surface area contributed by atoms with Gasteiger partial charge in [-0.2, -0.15) is 0 Å². The van der Waals surface area contributed by atoms with Crippen LogP contribution in [0.4, 0.5) is 0 Å². The van der Waals surface area contributed by atoms with Gasteiger partial charge in [0.2, 0.25) is 0 Å². The lowest BCUT2D eigenvalue weighted by Crippen LogP contribution is -2.46. The Bertz CT molecular complexity index is 554. The van der Waals surface area contributed by atoms with Crippen molar-refractivity contribution in [1.82, 2.24) is 14.8 Å². The topological polar surface area (TPSA) is 37.8 Å². The summed E-state index contributed by atoms with van der Waals surface area (Å²) in [6, 6.07) is 4.75. The molecule has 3 saturated heterocycles. The fourth-order valence-electron chi connectivity index (χ4n) is 4.79. The van der Waals surface area contributed by atoms with Crippen LogP contribution in [0.25, 0.3) is 0 Å². The molecule has 144 valence electrons. The van der Waals surface area contributed by atoms with Gasteiger partial charge in [-0.05, 0) is 62.8 Å². The van der Waals surface area contributed by atoms with E-state index in [1.807, 2.05) is 12.4 Å². The van der Waals surface area contributed by atoms with E-state index in [4.69, 9.17) is 9.47 Å². The molecule has 26 heavy (non-hydrogen) atoms. The fourth-order valence-corrected chi connectivity index (χ4v) is 4.79. The predicted octanol–water partition coefficient (Wildman–Crippen LogP) is 2.56. The van der Waals surface area contributed by atoms with Crippen LogP contribution in [0.3, 0.4) is 0 Å². The monoisotopic (exact) mass is 359 g/mol. The van der Waals surface area contributed by atoms with Gasteiger partial charge < -0.3 is 14.4 Å². The van der Waals surface area contributed by atoms with E-state index in [-0.39, 0.29) is 5.60 Å². The van der Waals surface area contributed by atoms with Crippen molar-refractivity contribution in [3.05, 3.63) is 30.1 Å². The molecule has 0 aromatic carbocycles. The van der Waals surface area contributed by atoms with E-state index in [0.29, 0.717) is 6.04 Å². The number of aromatic nitrogens is 1. The summed E-state index contributed by atoms with van der Waals surface area (Å²) in [5.74, 6) is 0.835. The van der Waals surface area contributed by atoms with Crippen molar-refractivity contribution in [1.29, 1.82) is 0 Å². The zero-order valence-electron chi connectivity index (χ0n) is 16.1. The van der Waals surface area contributed by atoms with Gasteiger partial charge in [0, 0.05) is 57.8 Å². The van der Waals surface area contributed by atoms with Crippen LogP contribution in [0.5, 0.6) is 0 Å². The van der Waals surface area contributed by atoms with Crippen molar-refractivity contribution in [2.75, 3.05) is 46.5 Å². The lowest BCUT2D eigenvalue weighted by molar-refractivity contribution is -0.0490. The largest absolute Gasteiger partial charge is 0.381 e. The molecule has 3 aliphatic rings. The number of nitrogens with zero attached hydrogens (tertiary/aromatic N) is 3. The minimum Gasteiger partial charge on any atom is -0.381 e. The number of piperidine rings is 1. The summed E-state index contributed by atoms with van der Waals surface area (Å²) < 4.78 is 11.9. The molecule has 1 spiro atoms. The molecule has 0 aliphatic carbocycles. The van der Waals surface area contributed by atoms with Crippen LogP contribution in [0.2, 0.25) is 0 Å². The summed E-state index contributed by atoms with van der Waals surface area (Å²) in [6.07, 6.45) is 9.79. The molecule has 1 aromatic heterocycles. The molecule has 0 amide bonds. The van der Waals surface area contributed by atoms with Gasteiger partial charge in [0.05, 0.1) is 12.2 Å². The Labute approximate surface area is 157 Å². The van der Waals surface area contributed by atoms with Crippen molar-refractivity contribution in [2.45, 2.75) is 50.3 Å². The van der Waals surface area contributed by atoms with Crippen molar-refractivity contribution >= 4 is 0 Å². The SMILES string of the molecule is CN(Cc1ccncc1)[C@@H]1COC2(CCN(CC3CCOCC3)CC2)C1. The Morgan fingerprint density at radius 2 is 1.92 bits per heavy atom. The molecular weight excluding hydrogens is 326 g/mol. The second-order valence-corrected chi connectivity index (χ2v) is 8.48. The molecule has 1 atom stereocenters. The average Bonchev–Trinajstić information content (AvgIpc) is 3.10. The third-order valence-electron chi connectivity index (χ3n) is 6.62. The summed E-state index contributed by atoms with van der Waals surface area (Å²) >= 11 is 0. The highest BCUT2D eigenvalue weighted by atomic mass is 16.5. The molecule has 5 nitrogen and oxygen atoms in total.